The summed E-state index contributed by atoms with van der Waals surface area (Å²) in [7, 11) is 5.27. The summed E-state index contributed by atoms with van der Waals surface area (Å²) in [6, 6.07) is 10.5. The van der Waals surface area contributed by atoms with Gasteiger partial charge in [-0.1, -0.05) is 30.3 Å². The Morgan fingerprint density at radius 3 is 2.55 bits per heavy atom. The Morgan fingerprint density at radius 1 is 1.24 bits per heavy atom. The Morgan fingerprint density at radius 2 is 1.93 bits per heavy atom. The number of rotatable bonds is 9. The Hall–Kier alpha value is -1.39. The molecule has 0 spiro atoms. The van der Waals surface area contributed by atoms with Crippen LogP contribution in [0.3, 0.4) is 0 Å². The quantitative estimate of drug-likeness (QED) is 0.227. The first-order valence-electron chi connectivity index (χ1n) is 10.1. The first kappa shape index (κ1) is 25.6. The van der Waals surface area contributed by atoms with Crippen LogP contribution in [0.1, 0.15) is 24.8 Å². The van der Waals surface area contributed by atoms with Crippen LogP contribution in [0.5, 0.6) is 0 Å². The fraction of sp³-hybridized carbons (Fsp3) is 0.619. The summed E-state index contributed by atoms with van der Waals surface area (Å²) >= 11 is 0. The molecule has 1 aliphatic heterocycles. The van der Waals surface area contributed by atoms with Gasteiger partial charge in [-0.25, -0.2) is 4.99 Å². The minimum absolute atomic E-state index is 0. The number of amides is 1. The third kappa shape index (κ3) is 10.3. The lowest BCUT2D eigenvalue weighted by molar-refractivity contribution is -0.127. The van der Waals surface area contributed by atoms with E-state index in [2.05, 4.69) is 27.7 Å². The number of hydrogen-bond donors (Lipinski definition) is 2. The van der Waals surface area contributed by atoms with Crippen molar-refractivity contribution in [3.8, 4) is 0 Å². The van der Waals surface area contributed by atoms with Crippen LogP contribution in [-0.4, -0.2) is 81.7 Å². The van der Waals surface area contributed by atoms with Crippen molar-refractivity contribution in [3.63, 3.8) is 0 Å². The molecule has 0 aliphatic carbocycles. The number of piperidine rings is 1. The predicted octanol–water partition coefficient (Wildman–Crippen LogP) is 1.93. The number of ether oxygens (including phenoxy) is 1. The molecular weight excluding hydrogens is 481 g/mol. The standard InChI is InChI=1S/C21H35N5O2.HI/c1-25(2)20(27)17-23-21(22-16-18-8-5-4-6-9-18)24-19-10-13-26(14-11-19)12-7-15-28-3;/h4-6,8-9,19H,7,10-17H2,1-3H3,(H2,22,23,24);1H. The molecule has 164 valence electrons. The van der Waals surface area contributed by atoms with E-state index < -0.39 is 0 Å². The number of methoxy groups -OCH3 is 1. The van der Waals surface area contributed by atoms with Gasteiger partial charge >= 0.3 is 0 Å². The summed E-state index contributed by atoms with van der Waals surface area (Å²) in [5.41, 5.74) is 1.15. The maximum atomic E-state index is 11.9. The van der Waals surface area contributed by atoms with Gasteiger partial charge in [0.1, 0.15) is 0 Å². The number of nitrogens with zero attached hydrogens (tertiary/aromatic N) is 3. The van der Waals surface area contributed by atoms with Gasteiger partial charge in [0.05, 0.1) is 13.1 Å². The van der Waals surface area contributed by atoms with Crippen LogP contribution >= 0.6 is 24.0 Å². The zero-order chi connectivity index (χ0) is 20.2. The van der Waals surface area contributed by atoms with Crippen LogP contribution in [0.25, 0.3) is 0 Å². The lowest BCUT2D eigenvalue weighted by atomic mass is 10.1. The fourth-order valence-corrected chi connectivity index (χ4v) is 3.15. The number of hydrogen-bond acceptors (Lipinski definition) is 4. The molecule has 1 aliphatic rings. The van der Waals surface area contributed by atoms with Crippen LogP contribution in [0.15, 0.2) is 35.3 Å². The Labute approximate surface area is 192 Å². The van der Waals surface area contributed by atoms with Crippen LogP contribution in [0.4, 0.5) is 0 Å². The van der Waals surface area contributed by atoms with Gasteiger partial charge in [0, 0.05) is 53.5 Å². The second-order valence-corrected chi connectivity index (χ2v) is 7.40. The molecule has 29 heavy (non-hydrogen) atoms. The summed E-state index contributed by atoms with van der Waals surface area (Å²) in [6.45, 7) is 4.88. The maximum absolute atomic E-state index is 11.9. The van der Waals surface area contributed by atoms with Crippen LogP contribution < -0.4 is 10.6 Å². The van der Waals surface area contributed by atoms with E-state index in [0.717, 1.165) is 51.1 Å². The van der Waals surface area contributed by atoms with Crippen molar-refractivity contribution in [1.82, 2.24) is 20.4 Å². The van der Waals surface area contributed by atoms with Gasteiger partial charge in [-0.2, -0.15) is 0 Å². The molecular formula is C21H36IN5O2. The van der Waals surface area contributed by atoms with Gasteiger partial charge < -0.3 is 25.2 Å². The third-order valence-corrected chi connectivity index (χ3v) is 4.92. The van der Waals surface area contributed by atoms with E-state index in [1.807, 2.05) is 18.2 Å². The average Bonchev–Trinajstić information content (AvgIpc) is 2.71. The van der Waals surface area contributed by atoms with Gasteiger partial charge in [-0.05, 0) is 24.8 Å². The third-order valence-electron chi connectivity index (χ3n) is 4.92. The van der Waals surface area contributed by atoms with Crippen LogP contribution in [0.2, 0.25) is 0 Å². The molecule has 0 bridgehead atoms. The zero-order valence-electron chi connectivity index (χ0n) is 17.9. The highest BCUT2D eigenvalue weighted by atomic mass is 127. The number of aliphatic imine (C=N–C) groups is 1. The summed E-state index contributed by atoms with van der Waals surface area (Å²) < 4.78 is 5.14. The lowest BCUT2D eigenvalue weighted by Gasteiger charge is -2.33. The Balaban J connectivity index is 0.00000420. The second kappa shape index (κ2) is 14.6. The van der Waals surface area contributed by atoms with E-state index in [-0.39, 0.29) is 36.4 Å². The number of halogens is 1. The van der Waals surface area contributed by atoms with Crippen molar-refractivity contribution >= 4 is 35.8 Å². The van der Waals surface area contributed by atoms with Gasteiger partial charge in [0.25, 0.3) is 0 Å². The SMILES string of the molecule is COCCCN1CCC(NC(=NCc2ccccc2)NCC(=O)N(C)C)CC1.I. The van der Waals surface area contributed by atoms with Crippen LogP contribution in [0, 0.1) is 0 Å². The highest BCUT2D eigenvalue weighted by molar-refractivity contribution is 14.0. The molecule has 8 heteroatoms. The van der Waals surface area contributed by atoms with Gasteiger partial charge in [-0.3, -0.25) is 4.79 Å². The van der Waals surface area contributed by atoms with E-state index >= 15 is 0 Å². The molecule has 1 fully saturated rings. The molecule has 2 rings (SSSR count). The largest absolute Gasteiger partial charge is 0.385 e. The molecule has 1 aromatic carbocycles. The van der Waals surface area contributed by atoms with Crippen molar-refractivity contribution < 1.29 is 9.53 Å². The van der Waals surface area contributed by atoms with Crippen molar-refractivity contribution in [1.29, 1.82) is 0 Å². The highest BCUT2D eigenvalue weighted by Crippen LogP contribution is 2.11. The summed E-state index contributed by atoms with van der Waals surface area (Å²) in [5.74, 6) is 0.735. The molecule has 7 nitrogen and oxygen atoms in total. The molecule has 0 atom stereocenters. The fourth-order valence-electron chi connectivity index (χ4n) is 3.15. The van der Waals surface area contributed by atoms with Crippen molar-refractivity contribution in [2.45, 2.75) is 31.8 Å². The molecule has 0 saturated carbocycles. The molecule has 1 aromatic rings. The van der Waals surface area contributed by atoms with E-state index in [0.29, 0.717) is 18.5 Å². The summed E-state index contributed by atoms with van der Waals surface area (Å²) in [6.07, 6.45) is 3.22. The Kier molecular flexibility index (Phi) is 12.9. The minimum atomic E-state index is 0. The normalized spacial score (nSPS) is 15.5. The smallest absolute Gasteiger partial charge is 0.241 e. The van der Waals surface area contributed by atoms with Gasteiger partial charge in [-0.15, -0.1) is 24.0 Å². The molecule has 1 heterocycles. The number of carbonyl (C=O) groups excluding carboxylic acids is 1. The number of nitrogens with one attached hydrogen (secondary N) is 2. The van der Waals surface area contributed by atoms with E-state index in [1.54, 1.807) is 26.1 Å². The predicted molar refractivity (Wildman–Crippen MR) is 129 cm³/mol. The first-order valence-corrected chi connectivity index (χ1v) is 10.1. The number of likely N-dealkylation sites (tertiary alicyclic amines) is 1. The molecule has 0 unspecified atom stereocenters. The summed E-state index contributed by atoms with van der Waals surface area (Å²) in [5, 5.41) is 6.71. The monoisotopic (exact) mass is 517 g/mol. The van der Waals surface area contributed by atoms with Crippen molar-refractivity contribution in [3.05, 3.63) is 35.9 Å². The van der Waals surface area contributed by atoms with Crippen molar-refractivity contribution in [2.24, 2.45) is 4.99 Å². The van der Waals surface area contributed by atoms with Gasteiger partial charge in [0.15, 0.2) is 5.96 Å². The number of guanidine groups is 1. The molecule has 1 saturated heterocycles. The molecule has 2 N–H and O–H groups in total. The molecule has 0 radical (unpaired) electrons. The maximum Gasteiger partial charge on any atom is 0.241 e. The zero-order valence-corrected chi connectivity index (χ0v) is 20.2. The number of benzene rings is 1. The summed E-state index contributed by atoms with van der Waals surface area (Å²) in [4.78, 5) is 20.7. The Bertz CT molecular complexity index is 604. The average molecular weight is 517 g/mol. The number of carbonyl (C=O) groups is 1. The first-order chi connectivity index (χ1) is 13.6. The van der Waals surface area contributed by atoms with Crippen LogP contribution in [-0.2, 0) is 16.1 Å². The van der Waals surface area contributed by atoms with Gasteiger partial charge in [0.2, 0.25) is 5.91 Å². The lowest BCUT2D eigenvalue weighted by Crippen LogP contribution is -2.50. The molecule has 1 amide bonds. The van der Waals surface area contributed by atoms with E-state index in [4.69, 9.17) is 9.73 Å². The van der Waals surface area contributed by atoms with E-state index in [1.165, 1.54) is 0 Å². The minimum Gasteiger partial charge on any atom is -0.385 e. The van der Waals surface area contributed by atoms with E-state index in [9.17, 15) is 4.79 Å². The topological polar surface area (TPSA) is 69.2 Å². The second-order valence-electron chi connectivity index (χ2n) is 7.40. The highest BCUT2D eigenvalue weighted by Gasteiger charge is 2.20. The number of likely N-dealkylation sites (N-methyl/N-ethyl adjacent to an activating group) is 1. The van der Waals surface area contributed by atoms with Crippen molar-refractivity contribution in [2.75, 3.05) is 54.0 Å². The molecule has 0 aromatic heterocycles.